The predicted molar refractivity (Wildman–Crippen MR) is 152 cm³/mol. The molecule has 2 N–H and O–H groups in total. The maximum Gasteiger partial charge on any atom is 0.393 e. The summed E-state index contributed by atoms with van der Waals surface area (Å²) >= 11 is 0. The van der Waals surface area contributed by atoms with Crippen LogP contribution in [-0.2, 0) is 23.5 Å². The third-order valence-corrected chi connectivity index (χ3v) is 8.49. The number of fused-ring (bicyclic) bond motifs is 1. The Labute approximate surface area is 241 Å². The van der Waals surface area contributed by atoms with E-state index in [-0.39, 0.29) is 16.0 Å². The average molecular weight is 602 g/mol. The van der Waals surface area contributed by atoms with Gasteiger partial charge in [-0.05, 0) is 60.0 Å². The molecular weight excluding hydrogens is 571 g/mol. The molecule has 1 heterocycles. The molecule has 12 heteroatoms. The number of hydrogen-bond acceptors (Lipinski definition) is 5. The summed E-state index contributed by atoms with van der Waals surface area (Å²) < 4.78 is 73.6. The average Bonchev–Trinajstić information content (AvgIpc) is 3.25. The monoisotopic (exact) mass is 601 g/mol. The highest BCUT2D eigenvalue weighted by molar-refractivity contribution is 7.90. The minimum atomic E-state index is -4.41. The number of aryl methyl sites for hydroxylation is 2. The van der Waals surface area contributed by atoms with E-state index in [0.717, 1.165) is 23.4 Å². The number of amides is 2. The van der Waals surface area contributed by atoms with Crippen molar-refractivity contribution in [1.82, 2.24) is 14.6 Å². The molecule has 1 aromatic heterocycles. The second-order valence-corrected chi connectivity index (χ2v) is 11.7. The highest BCUT2D eigenvalue weighted by Gasteiger charge is 2.36. The van der Waals surface area contributed by atoms with Crippen molar-refractivity contribution in [3.05, 3.63) is 94.7 Å². The number of carbonyl (C=O) groups is 2. The van der Waals surface area contributed by atoms with Gasteiger partial charge in [-0.1, -0.05) is 31.2 Å². The van der Waals surface area contributed by atoms with Crippen molar-refractivity contribution in [3.8, 4) is 5.75 Å². The number of aromatic nitrogens is 1. The summed E-state index contributed by atoms with van der Waals surface area (Å²) in [5.74, 6) is -2.76. The molecule has 0 fully saturated rings. The van der Waals surface area contributed by atoms with E-state index < -0.39 is 40.5 Å². The third-order valence-electron chi connectivity index (χ3n) is 7.00. The van der Waals surface area contributed by atoms with Crippen LogP contribution in [0.25, 0.3) is 10.9 Å². The van der Waals surface area contributed by atoms with Crippen molar-refractivity contribution in [1.29, 1.82) is 0 Å². The number of ether oxygens (including phenoxy) is 1. The summed E-state index contributed by atoms with van der Waals surface area (Å²) in [6, 6.07) is 15.8. The number of alkyl halides is 3. The number of halogens is 3. The number of benzene rings is 3. The van der Waals surface area contributed by atoms with Crippen LogP contribution in [0.1, 0.15) is 44.3 Å². The fourth-order valence-electron chi connectivity index (χ4n) is 4.55. The number of carbonyl (C=O) groups excluding carboxylic acids is 2. The Balaban J connectivity index is 1.57. The fourth-order valence-corrected chi connectivity index (χ4v) is 5.77. The van der Waals surface area contributed by atoms with Crippen LogP contribution >= 0.6 is 0 Å². The van der Waals surface area contributed by atoms with Crippen molar-refractivity contribution in [2.24, 2.45) is 13.0 Å². The molecule has 0 unspecified atom stereocenters. The molecule has 0 spiro atoms. The largest absolute Gasteiger partial charge is 0.496 e. The van der Waals surface area contributed by atoms with Gasteiger partial charge in [-0.2, -0.15) is 13.2 Å². The molecule has 0 radical (unpaired) electrons. The zero-order valence-electron chi connectivity index (χ0n) is 23.4. The first-order valence-corrected chi connectivity index (χ1v) is 14.4. The zero-order valence-corrected chi connectivity index (χ0v) is 24.2. The molecule has 8 nitrogen and oxygen atoms in total. The molecule has 0 aliphatic carbocycles. The van der Waals surface area contributed by atoms with E-state index in [1.807, 2.05) is 17.8 Å². The number of rotatable bonds is 9. The van der Waals surface area contributed by atoms with Crippen LogP contribution in [0.4, 0.5) is 13.2 Å². The number of nitrogens with one attached hydrogen (secondary N) is 2. The van der Waals surface area contributed by atoms with Gasteiger partial charge >= 0.3 is 6.18 Å². The van der Waals surface area contributed by atoms with E-state index in [1.165, 1.54) is 25.3 Å². The van der Waals surface area contributed by atoms with Gasteiger partial charge in [-0.15, -0.1) is 0 Å². The van der Waals surface area contributed by atoms with Crippen LogP contribution in [0.5, 0.6) is 5.75 Å². The molecule has 42 heavy (non-hydrogen) atoms. The Hall–Kier alpha value is -4.32. The summed E-state index contributed by atoms with van der Waals surface area (Å²) in [6.45, 7) is 2.10. The van der Waals surface area contributed by atoms with Gasteiger partial charge in [0, 0.05) is 48.2 Å². The van der Waals surface area contributed by atoms with Crippen molar-refractivity contribution >= 4 is 32.7 Å². The van der Waals surface area contributed by atoms with E-state index in [0.29, 0.717) is 23.3 Å². The van der Waals surface area contributed by atoms with Gasteiger partial charge in [0.05, 0.1) is 17.9 Å². The van der Waals surface area contributed by atoms with Crippen LogP contribution in [0.3, 0.4) is 0 Å². The standard InChI is InChI=1S/C30H30F3N3O5S/c1-18-7-5-6-8-27(18)42(39,40)35-29(38)22-10-9-20(26(15-22)41-4)13-23-17-36(3)25-12-11-21(14-24(23)25)28(37)34-16-19(2)30(31,32)33/h5-12,14-15,17,19H,13,16H2,1-4H3,(H,34,37)(H,35,38)/t19-/m1/s1. The predicted octanol–water partition coefficient (Wildman–Crippen LogP) is 5.13. The zero-order chi connectivity index (χ0) is 30.8. The highest BCUT2D eigenvalue weighted by Crippen LogP contribution is 2.29. The third kappa shape index (κ3) is 6.59. The first-order valence-electron chi connectivity index (χ1n) is 12.9. The Morgan fingerprint density at radius 1 is 0.976 bits per heavy atom. The van der Waals surface area contributed by atoms with Crippen molar-refractivity contribution < 1.29 is 35.9 Å². The smallest absolute Gasteiger partial charge is 0.393 e. The molecule has 3 aromatic carbocycles. The van der Waals surface area contributed by atoms with Crippen LogP contribution < -0.4 is 14.8 Å². The number of methoxy groups -OCH3 is 1. The normalized spacial score (nSPS) is 12.6. The molecule has 4 rings (SSSR count). The highest BCUT2D eigenvalue weighted by atomic mass is 32.2. The van der Waals surface area contributed by atoms with Gasteiger partial charge < -0.3 is 14.6 Å². The van der Waals surface area contributed by atoms with Crippen LogP contribution in [-0.4, -0.2) is 44.6 Å². The maximum absolute atomic E-state index is 12.9. The molecule has 0 bridgehead atoms. The first-order chi connectivity index (χ1) is 19.7. The van der Waals surface area contributed by atoms with E-state index in [1.54, 1.807) is 49.4 Å². The van der Waals surface area contributed by atoms with Crippen LogP contribution in [0.2, 0.25) is 0 Å². The molecule has 2 amide bonds. The van der Waals surface area contributed by atoms with Crippen molar-refractivity contribution in [3.63, 3.8) is 0 Å². The fraction of sp³-hybridized carbons (Fsp3) is 0.267. The molecule has 4 aromatic rings. The Kier molecular flexibility index (Phi) is 8.67. The number of nitrogens with zero attached hydrogens (tertiary/aromatic N) is 1. The number of hydrogen-bond donors (Lipinski definition) is 2. The Bertz CT molecular complexity index is 1760. The van der Waals surface area contributed by atoms with E-state index in [9.17, 15) is 31.2 Å². The molecule has 222 valence electrons. The molecule has 0 saturated carbocycles. The van der Waals surface area contributed by atoms with Gasteiger partial charge in [0.25, 0.3) is 21.8 Å². The Morgan fingerprint density at radius 3 is 2.31 bits per heavy atom. The maximum atomic E-state index is 12.9. The van der Waals surface area contributed by atoms with Crippen LogP contribution in [0, 0.1) is 12.8 Å². The molecule has 0 aliphatic heterocycles. The van der Waals surface area contributed by atoms with Gasteiger partial charge in [0.15, 0.2) is 0 Å². The van der Waals surface area contributed by atoms with E-state index in [4.69, 9.17) is 4.74 Å². The van der Waals surface area contributed by atoms with E-state index in [2.05, 4.69) is 10.0 Å². The molecule has 1 atom stereocenters. The minimum absolute atomic E-state index is 0.000746. The minimum Gasteiger partial charge on any atom is -0.496 e. The quantitative estimate of drug-likeness (QED) is 0.277. The van der Waals surface area contributed by atoms with Gasteiger partial charge in [0.2, 0.25) is 0 Å². The van der Waals surface area contributed by atoms with Crippen LogP contribution in [0.15, 0.2) is 71.8 Å². The summed E-state index contributed by atoms with van der Waals surface area (Å²) in [7, 11) is -0.839. The van der Waals surface area contributed by atoms with E-state index >= 15 is 0 Å². The Morgan fingerprint density at radius 2 is 1.64 bits per heavy atom. The molecular formula is C30H30F3N3O5S. The van der Waals surface area contributed by atoms with Gasteiger partial charge in [-0.3, -0.25) is 9.59 Å². The lowest BCUT2D eigenvalue weighted by Gasteiger charge is -2.16. The lowest BCUT2D eigenvalue weighted by Crippen LogP contribution is -2.34. The van der Waals surface area contributed by atoms with Crippen molar-refractivity contribution in [2.45, 2.75) is 31.3 Å². The summed E-state index contributed by atoms with van der Waals surface area (Å²) in [6.07, 6.45) is -2.21. The first kappa shape index (κ1) is 30.6. The topological polar surface area (TPSA) is 106 Å². The summed E-state index contributed by atoms with van der Waals surface area (Å²) in [4.78, 5) is 25.5. The summed E-state index contributed by atoms with van der Waals surface area (Å²) in [5, 5.41) is 3.07. The molecule has 0 aliphatic rings. The van der Waals surface area contributed by atoms with Crippen molar-refractivity contribution in [2.75, 3.05) is 13.7 Å². The summed E-state index contributed by atoms with van der Waals surface area (Å²) in [5.41, 5.74) is 3.11. The lowest BCUT2D eigenvalue weighted by atomic mass is 10.0. The molecule has 0 saturated heterocycles. The SMILES string of the molecule is COc1cc(C(=O)NS(=O)(=O)c2ccccc2C)ccc1Cc1cn(C)c2ccc(C(=O)NC[C@@H](C)C(F)(F)F)cc12. The second kappa shape index (κ2) is 11.9. The lowest BCUT2D eigenvalue weighted by molar-refractivity contribution is -0.167. The van der Waals surface area contributed by atoms with Gasteiger partial charge in [0.1, 0.15) is 5.75 Å². The van der Waals surface area contributed by atoms with Gasteiger partial charge in [-0.25, -0.2) is 13.1 Å². The number of sulfonamides is 1. The second-order valence-electron chi connectivity index (χ2n) is 10.1.